The summed E-state index contributed by atoms with van der Waals surface area (Å²) in [5.74, 6) is -1.71. The minimum Gasteiger partial charge on any atom is -0.462 e. The van der Waals surface area contributed by atoms with Crippen molar-refractivity contribution in [1.82, 2.24) is 10.0 Å². The molecule has 4 rings (SSSR count). The monoisotopic (exact) mass is 560 g/mol. The van der Waals surface area contributed by atoms with Crippen molar-refractivity contribution >= 4 is 21.9 Å². The zero-order valence-electron chi connectivity index (χ0n) is 21.6. The summed E-state index contributed by atoms with van der Waals surface area (Å²) in [5, 5.41) is 2.91. The third kappa shape index (κ3) is 8.33. The van der Waals surface area contributed by atoms with Crippen LogP contribution in [-0.2, 0) is 32.4 Å². The Labute approximate surface area is 233 Å². The van der Waals surface area contributed by atoms with Crippen LogP contribution in [0.3, 0.4) is 0 Å². The molecule has 0 saturated carbocycles. The molecule has 0 aliphatic carbocycles. The zero-order chi connectivity index (χ0) is 28.4. The van der Waals surface area contributed by atoms with E-state index in [1.54, 1.807) is 54.6 Å². The second kappa shape index (κ2) is 13.6. The molecule has 9 heteroatoms. The first-order chi connectivity index (χ1) is 19.3. The normalized spacial score (nSPS) is 12.7. The minimum absolute atomic E-state index is 0.0276. The van der Waals surface area contributed by atoms with Crippen LogP contribution in [-0.4, -0.2) is 39.0 Å². The highest BCUT2D eigenvalue weighted by Gasteiger charge is 2.28. The third-order valence-electron chi connectivity index (χ3n) is 6.11. The summed E-state index contributed by atoms with van der Waals surface area (Å²) < 4.78 is 47.4. The molecule has 0 bridgehead atoms. The number of esters is 1. The van der Waals surface area contributed by atoms with Crippen LogP contribution in [0.25, 0.3) is 0 Å². The molecule has 4 aromatic carbocycles. The molecule has 1 amide bonds. The minimum atomic E-state index is -4.17. The van der Waals surface area contributed by atoms with Gasteiger partial charge in [-0.3, -0.25) is 9.59 Å². The van der Waals surface area contributed by atoms with Gasteiger partial charge in [-0.15, -0.1) is 0 Å². The summed E-state index contributed by atoms with van der Waals surface area (Å²) in [4.78, 5) is 26.0. The highest BCUT2D eigenvalue weighted by Crippen LogP contribution is 2.14. The van der Waals surface area contributed by atoms with Gasteiger partial charge in [0.25, 0.3) is 5.91 Å². The fourth-order valence-electron chi connectivity index (χ4n) is 4.08. The third-order valence-corrected chi connectivity index (χ3v) is 7.60. The van der Waals surface area contributed by atoms with E-state index in [9.17, 15) is 22.4 Å². The maximum absolute atomic E-state index is 13.4. The number of hydrogen-bond acceptors (Lipinski definition) is 5. The standard InChI is InChI=1S/C31H29FN2O5S/c32-26-16-18-28(19-17-26)40(37,38)34-29(21-24-12-6-2-7-13-24)31(36)39-22-27(20-23-10-4-1-5-11-23)33-30(35)25-14-8-3-9-15-25/h1-19,27,29,34H,20-22H2,(H,33,35). The van der Waals surface area contributed by atoms with Gasteiger partial charge in [-0.05, 0) is 60.4 Å². The van der Waals surface area contributed by atoms with E-state index in [0.717, 1.165) is 29.8 Å². The average Bonchev–Trinajstić information content (AvgIpc) is 2.97. The lowest BCUT2D eigenvalue weighted by Gasteiger charge is -2.22. The van der Waals surface area contributed by atoms with Crippen molar-refractivity contribution in [3.8, 4) is 0 Å². The zero-order valence-corrected chi connectivity index (χ0v) is 22.4. The van der Waals surface area contributed by atoms with Crippen LogP contribution in [0.15, 0.2) is 120 Å². The second-order valence-electron chi connectivity index (χ2n) is 9.17. The van der Waals surface area contributed by atoms with E-state index in [0.29, 0.717) is 17.5 Å². The number of benzene rings is 4. The van der Waals surface area contributed by atoms with Crippen molar-refractivity contribution in [2.24, 2.45) is 0 Å². The van der Waals surface area contributed by atoms with Crippen molar-refractivity contribution < 1.29 is 27.1 Å². The van der Waals surface area contributed by atoms with Crippen molar-refractivity contribution in [1.29, 1.82) is 0 Å². The highest BCUT2D eigenvalue weighted by atomic mass is 32.2. The second-order valence-corrected chi connectivity index (χ2v) is 10.9. The van der Waals surface area contributed by atoms with Crippen LogP contribution in [0.4, 0.5) is 4.39 Å². The number of ether oxygens (including phenoxy) is 1. The molecule has 2 unspecified atom stereocenters. The van der Waals surface area contributed by atoms with Crippen molar-refractivity contribution in [3.05, 3.63) is 138 Å². The Hall–Kier alpha value is -4.34. The average molecular weight is 561 g/mol. The van der Waals surface area contributed by atoms with E-state index in [1.807, 2.05) is 36.4 Å². The lowest BCUT2D eigenvalue weighted by molar-refractivity contribution is -0.146. The number of carbonyl (C=O) groups excluding carboxylic acids is 2. The van der Waals surface area contributed by atoms with Gasteiger partial charge >= 0.3 is 5.97 Å². The summed E-state index contributed by atoms with van der Waals surface area (Å²) >= 11 is 0. The SMILES string of the molecule is O=C(NC(COC(=O)C(Cc1ccccc1)NS(=O)(=O)c1ccc(F)cc1)Cc1ccccc1)c1ccccc1. The molecule has 0 fully saturated rings. The molecule has 7 nitrogen and oxygen atoms in total. The van der Waals surface area contributed by atoms with E-state index >= 15 is 0 Å². The summed E-state index contributed by atoms with van der Waals surface area (Å²) in [7, 11) is -4.17. The summed E-state index contributed by atoms with van der Waals surface area (Å²) in [5.41, 5.74) is 2.10. The number of carbonyl (C=O) groups is 2. The fraction of sp³-hybridized carbons (Fsp3) is 0.161. The number of hydrogen-bond donors (Lipinski definition) is 2. The number of amides is 1. The summed E-state index contributed by atoms with van der Waals surface area (Å²) in [6.45, 7) is -0.185. The molecule has 0 heterocycles. The van der Waals surface area contributed by atoms with E-state index in [-0.39, 0.29) is 23.8 Å². The molecule has 0 aliphatic heterocycles. The van der Waals surface area contributed by atoms with Gasteiger partial charge in [-0.1, -0.05) is 78.9 Å². The molecular formula is C31H29FN2O5S. The van der Waals surface area contributed by atoms with Crippen LogP contribution in [0.5, 0.6) is 0 Å². The first-order valence-electron chi connectivity index (χ1n) is 12.7. The van der Waals surface area contributed by atoms with Crippen LogP contribution in [0, 0.1) is 5.82 Å². The molecule has 0 spiro atoms. The van der Waals surface area contributed by atoms with Crippen molar-refractivity contribution in [2.45, 2.75) is 29.8 Å². The maximum atomic E-state index is 13.4. The molecular weight excluding hydrogens is 531 g/mol. The van der Waals surface area contributed by atoms with Gasteiger partial charge in [0.15, 0.2) is 0 Å². The summed E-state index contributed by atoms with van der Waals surface area (Å²) in [6, 6.07) is 29.5. The Morgan fingerprint density at radius 1 is 0.725 bits per heavy atom. The van der Waals surface area contributed by atoms with Gasteiger partial charge in [0.05, 0.1) is 10.9 Å². The molecule has 0 aromatic heterocycles. The molecule has 40 heavy (non-hydrogen) atoms. The molecule has 2 atom stereocenters. The number of nitrogens with one attached hydrogen (secondary N) is 2. The van der Waals surface area contributed by atoms with Gasteiger partial charge in [0, 0.05) is 5.56 Å². The van der Waals surface area contributed by atoms with Gasteiger partial charge in [-0.2, -0.15) is 4.72 Å². The lowest BCUT2D eigenvalue weighted by Crippen LogP contribution is -2.46. The number of sulfonamides is 1. The van der Waals surface area contributed by atoms with Gasteiger partial charge in [-0.25, -0.2) is 12.8 Å². The number of rotatable bonds is 12. The van der Waals surface area contributed by atoms with E-state index in [2.05, 4.69) is 10.0 Å². The van der Waals surface area contributed by atoms with Crippen molar-refractivity contribution in [2.75, 3.05) is 6.61 Å². The van der Waals surface area contributed by atoms with Gasteiger partial charge in [0.1, 0.15) is 18.5 Å². The van der Waals surface area contributed by atoms with Crippen LogP contribution in [0.1, 0.15) is 21.5 Å². The topological polar surface area (TPSA) is 102 Å². The summed E-state index contributed by atoms with van der Waals surface area (Å²) in [6.07, 6.45) is 0.414. The van der Waals surface area contributed by atoms with Gasteiger partial charge in [0.2, 0.25) is 10.0 Å². The molecule has 0 radical (unpaired) electrons. The molecule has 0 saturated heterocycles. The van der Waals surface area contributed by atoms with Crippen LogP contribution in [0.2, 0.25) is 0 Å². The van der Waals surface area contributed by atoms with Crippen LogP contribution < -0.4 is 10.0 Å². The fourth-order valence-corrected chi connectivity index (χ4v) is 5.27. The smallest absolute Gasteiger partial charge is 0.324 e. The predicted octanol–water partition coefficient (Wildman–Crippen LogP) is 4.30. The Morgan fingerprint density at radius 3 is 1.82 bits per heavy atom. The first-order valence-corrected chi connectivity index (χ1v) is 14.2. The molecule has 2 N–H and O–H groups in total. The first kappa shape index (κ1) is 28.7. The van der Waals surface area contributed by atoms with E-state index in [1.165, 1.54) is 0 Å². The molecule has 4 aromatic rings. The number of halogens is 1. The maximum Gasteiger partial charge on any atom is 0.324 e. The molecule has 0 aliphatic rings. The Balaban J connectivity index is 1.51. The molecule has 206 valence electrons. The Kier molecular flexibility index (Phi) is 9.77. The van der Waals surface area contributed by atoms with E-state index < -0.39 is 33.9 Å². The Morgan fingerprint density at radius 2 is 1.25 bits per heavy atom. The van der Waals surface area contributed by atoms with Crippen molar-refractivity contribution in [3.63, 3.8) is 0 Å². The highest BCUT2D eigenvalue weighted by molar-refractivity contribution is 7.89. The van der Waals surface area contributed by atoms with Crippen LogP contribution >= 0.6 is 0 Å². The lowest BCUT2D eigenvalue weighted by atomic mass is 10.1. The van der Waals surface area contributed by atoms with E-state index in [4.69, 9.17) is 4.74 Å². The van der Waals surface area contributed by atoms with Gasteiger partial charge < -0.3 is 10.1 Å². The predicted molar refractivity (Wildman–Crippen MR) is 149 cm³/mol. The largest absolute Gasteiger partial charge is 0.462 e. The Bertz CT molecular complexity index is 1500. The quantitative estimate of drug-likeness (QED) is 0.252.